The Morgan fingerprint density at radius 1 is 0.938 bits per heavy atom. The normalized spacial score (nSPS) is 17.9. The summed E-state index contributed by atoms with van der Waals surface area (Å²) < 4.78 is 7.59. The third kappa shape index (κ3) is 3.63. The summed E-state index contributed by atoms with van der Waals surface area (Å²) in [6.07, 6.45) is 3.93. The molecule has 1 saturated heterocycles. The van der Waals surface area contributed by atoms with Crippen molar-refractivity contribution >= 4 is 23.0 Å². The zero-order valence-corrected chi connectivity index (χ0v) is 18.8. The Morgan fingerprint density at radius 2 is 1.78 bits per heavy atom. The van der Waals surface area contributed by atoms with Crippen molar-refractivity contribution in [1.29, 1.82) is 0 Å². The van der Waals surface area contributed by atoms with Gasteiger partial charge in [0.1, 0.15) is 11.8 Å². The number of benzene rings is 2. The van der Waals surface area contributed by atoms with Crippen molar-refractivity contribution in [1.82, 2.24) is 14.9 Å². The van der Waals surface area contributed by atoms with Crippen LogP contribution in [0.15, 0.2) is 91.3 Å². The van der Waals surface area contributed by atoms with Crippen molar-refractivity contribution in [2.24, 2.45) is 0 Å². The topological polar surface area (TPSA) is 42.3 Å². The summed E-state index contributed by atoms with van der Waals surface area (Å²) in [7, 11) is 1.67. The first kappa shape index (κ1) is 20.3. The minimum atomic E-state index is -0.0933. The molecular formula is C26H24N4OS. The van der Waals surface area contributed by atoms with Gasteiger partial charge in [-0.1, -0.05) is 18.2 Å². The molecule has 160 valence electrons. The lowest BCUT2D eigenvalue weighted by molar-refractivity contribution is 0.415. The quantitative estimate of drug-likeness (QED) is 0.423. The van der Waals surface area contributed by atoms with Crippen LogP contribution in [-0.4, -0.2) is 21.8 Å². The standard InChI is InChI=1S/C26H24N4OS/c1-18-7-5-8-20(17-18)29-16-6-10-23(29)25-24(22-9-3-4-15-27-22)28-26(32)30(25)19-11-13-21(31-2)14-12-19/h3-17,24-25H,1-2H3,(H,28,32)/t24-,25-/m0/s1. The summed E-state index contributed by atoms with van der Waals surface area (Å²) in [6.45, 7) is 2.11. The van der Waals surface area contributed by atoms with E-state index in [1.807, 2.05) is 48.7 Å². The van der Waals surface area contributed by atoms with Crippen LogP contribution in [0, 0.1) is 6.92 Å². The van der Waals surface area contributed by atoms with Crippen LogP contribution in [-0.2, 0) is 0 Å². The molecule has 0 unspecified atom stereocenters. The smallest absolute Gasteiger partial charge is 0.174 e. The molecule has 2 aromatic carbocycles. The molecule has 0 bridgehead atoms. The molecule has 6 heteroatoms. The minimum absolute atomic E-state index is 0.0821. The van der Waals surface area contributed by atoms with Crippen LogP contribution in [0.2, 0.25) is 0 Å². The van der Waals surface area contributed by atoms with Crippen molar-refractivity contribution in [3.8, 4) is 11.4 Å². The lowest BCUT2D eigenvalue weighted by Gasteiger charge is -2.29. The Bertz CT molecular complexity index is 1240. The average molecular weight is 441 g/mol. The predicted molar refractivity (Wildman–Crippen MR) is 131 cm³/mol. The molecule has 5 nitrogen and oxygen atoms in total. The molecule has 0 saturated carbocycles. The number of hydrogen-bond acceptors (Lipinski definition) is 3. The van der Waals surface area contributed by atoms with E-state index in [0.29, 0.717) is 5.11 Å². The summed E-state index contributed by atoms with van der Waals surface area (Å²) in [6, 6.07) is 26.6. The predicted octanol–water partition coefficient (Wildman–Crippen LogP) is 5.37. The van der Waals surface area contributed by atoms with Crippen LogP contribution >= 0.6 is 12.2 Å². The highest BCUT2D eigenvalue weighted by molar-refractivity contribution is 7.80. The number of thiocarbonyl (C=S) groups is 1. The summed E-state index contributed by atoms with van der Waals surface area (Å²) in [5.74, 6) is 0.813. The molecule has 1 aliphatic rings. The van der Waals surface area contributed by atoms with Gasteiger partial charge in [-0.3, -0.25) is 4.98 Å². The molecule has 2 atom stereocenters. The van der Waals surface area contributed by atoms with Crippen LogP contribution in [0.25, 0.3) is 5.69 Å². The van der Waals surface area contributed by atoms with E-state index in [9.17, 15) is 0 Å². The van der Waals surface area contributed by atoms with Gasteiger partial charge < -0.3 is 19.5 Å². The second-order valence-corrected chi connectivity index (χ2v) is 8.22. The number of rotatable bonds is 5. The van der Waals surface area contributed by atoms with Gasteiger partial charge in [-0.2, -0.15) is 0 Å². The Balaban J connectivity index is 1.65. The summed E-state index contributed by atoms with van der Waals surface area (Å²) in [5, 5.41) is 4.20. The van der Waals surface area contributed by atoms with E-state index < -0.39 is 0 Å². The maximum absolute atomic E-state index is 5.84. The molecule has 4 aromatic rings. The maximum atomic E-state index is 5.84. The van der Waals surface area contributed by atoms with Gasteiger partial charge in [-0.15, -0.1) is 0 Å². The van der Waals surface area contributed by atoms with Crippen molar-refractivity contribution in [2.45, 2.75) is 19.0 Å². The largest absolute Gasteiger partial charge is 0.497 e. The van der Waals surface area contributed by atoms with E-state index in [1.165, 1.54) is 5.56 Å². The van der Waals surface area contributed by atoms with Crippen LogP contribution in [0.5, 0.6) is 5.75 Å². The second-order valence-electron chi connectivity index (χ2n) is 7.84. The third-order valence-corrected chi connectivity index (χ3v) is 6.13. The molecule has 0 aliphatic carbocycles. The zero-order valence-electron chi connectivity index (χ0n) is 18.0. The van der Waals surface area contributed by atoms with Gasteiger partial charge in [0.2, 0.25) is 0 Å². The highest BCUT2D eigenvalue weighted by atomic mass is 32.1. The molecule has 1 aliphatic heterocycles. The highest BCUT2D eigenvalue weighted by Crippen LogP contribution is 2.42. The van der Waals surface area contributed by atoms with E-state index in [0.717, 1.165) is 28.5 Å². The van der Waals surface area contributed by atoms with Crippen molar-refractivity contribution in [3.63, 3.8) is 0 Å². The molecule has 1 N–H and O–H groups in total. The number of nitrogens with zero attached hydrogens (tertiary/aromatic N) is 3. The van der Waals surface area contributed by atoms with Crippen molar-refractivity contribution in [2.75, 3.05) is 12.0 Å². The number of nitrogens with one attached hydrogen (secondary N) is 1. The lowest BCUT2D eigenvalue weighted by atomic mass is 10.0. The molecule has 32 heavy (non-hydrogen) atoms. The Morgan fingerprint density at radius 3 is 2.50 bits per heavy atom. The molecule has 0 radical (unpaired) electrons. The van der Waals surface area contributed by atoms with E-state index in [-0.39, 0.29) is 12.1 Å². The van der Waals surface area contributed by atoms with Crippen molar-refractivity contribution < 1.29 is 4.74 Å². The fraction of sp³-hybridized carbons (Fsp3) is 0.154. The lowest BCUT2D eigenvalue weighted by Crippen LogP contribution is -2.30. The molecule has 0 amide bonds. The number of anilines is 1. The van der Waals surface area contributed by atoms with Gasteiger partial charge in [0.25, 0.3) is 0 Å². The first-order valence-corrected chi connectivity index (χ1v) is 11.0. The number of aromatic nitrogens is 2. The number of ether oxygens (including phenoxy) is 1. The summed E-state index contributed by atoms with van der Waals surface area (Å²) in [4.78, 5) is 6.83. The van der Waals surface area contributed by atoms with Crippen LogP contribution < -0.4 is 15.0 Å². The number of hydrogen-bond donors (Lipinski definition) is 1. The molecule has 1 fully saturated rings. The fourth-order valence-corrected chi connectivity index (χ4v) is 4.67. The monoisotopic (exact) mass is 440 g/mol. The van der Waals surface area contributed by atoms with E-state index in [2.05, 4.69) is 69.3 Å². The van der Waals surface area contributed by atoms with E-state index in [1.54, 1.807) is 7.11 Å². The second kappa shape index (κ2) is 8.48. The Labute approximate surface area is 193 Å². The van der Waals surface area contributed by atoms with Crippen molar-refractivity contribution in [3.05, 3.63) is 108 Å². The molecular weight excluding hydrogens is 416 g/mol. The SMILES string of the molecule is COc1ccc(N2C(=S)N[C@@H](c3ccccn3)[C@@H]2c2cccn2-c2cccc(C)c2)cc1. The van der Waals surface area contributed by atoms with Gasteiger partial charge in [-0.05, 0) is 85.4 Å². The van der Waals surface area contributed by atoms with Gasteiger partial charge in [0.05, 0.1) is 18.8 Å². The Kier molecular flexibility index (Phi) is 5.37. The molecule has 3 heterocycles. The maximum Gasteiger partial charge on any atom is 0.174 e. The van der Waals surface area contributed by atoms with Gasteiger partial charge in [-0.25, -0.2) is 0 Å². The average Bonchev–Trinajstić information content (AvgIpc) is 3.44. The summed E-state index contributed by atoms with van der Waals surface area (Å²) >= 11 is 5.84. The van der Waals surface area contributed by atoms with Gasteiger partial charge >= 0.3 is 0 Å². The first-order chi connectivity index (χ1) is 15.7. The van der Waals surface area contributed by atoms with E-state index >= 15 is 0 Å². The number of pyridine rings is 1. The summed E-state index contributed by atoms with van der Waals surface area (Å²) in [5.41, 5.74) is 5.43. The molecule has 2 aromatic heterocycles. The fourth-order valence-electron chi connectivity index (χ4n) is 4.32. The highest BCUT2D eigenvalue weighted by Gasteiger charge is 2.42. The van der Waals surface area contributed by atoms with Gasteiger partial charge in [0, 0.05) is 29.5 Å². The number of aryl methyl sites for hydroxylation is 1. The Hall–Kier alpha value is -3.64. The zero-order chi connectivity index (χ0) is 22.1. The van der Waals surface area contributed by atoms with Crippen LogP contribution in [0.1, 0.15) is 29.0 Å². The van der Waals surface area contributed by atoms with E-state index in [4.69, 9.17) is 17.0 Å². The van der Waals surface area contributed by atoms with Crippen LogP contribution in [0.4, 0.5) is 5.69 Å². The first-order valence-electron chi connectivity index (χ1n) is 10.5. The molecule has 0 spiro atoms. The van der Waals surface area contributed by atoms with Crippen LogP contribution in [0.3, 0.4) is 0 Å². The minimum Gasteiger partial charge on any atom is -0.497 e. The number of methoxy groups -OCH3 is 1. The third-order valence-electron chi connectivity index (χ3n) is 5.81. The van der Waals surface area contributed by atoms with Gasteiger partial charge in [0.15, 0.2) is 5.11 Å². The molecule has 5 rings (SSSR count).